The van der Waals surface area contributed by atoms with Gasteiger partial charge in [0.1, 0.15) is 0 Å². The van der Waals surface area contributed by atoms with Gasteiger partial charge < -0.3 is 16.2 Å². The maximum absolute atomic E-state index is 10.1. The molecule has 0 aliphatic carbocycles. The van der Waals surface area contributed by atoms with Gasteiger partial charge in [-0.25, -0.2) is 0 Å². The van der Waals surface area contributed by atoms with Crippen LogP contribution in [0.2, 0.25) is 0 Å². The fourth-order valence-corrected chi connectivity index (χ4v) is 2.05. The molecule has 0 saturated carbocycles. The summed E-state index contributed by atoms with van der Waals surface area (Å²) in [4.78, 5) is 0. The van der Waals surface area contributed by atoms with Crippen molar-refractivity contribution in [3.8, 4) is 0 Å². The number of nitrogens with two attached hydrogens (primary N) is 1. The van der Waals surface area contributed by atoms with Gasteiger partial charge in [0.25, 0.3) is 0 Å². The Kier molecular flexibility index (Phi) is 4.42. The van der Waals surface area contributed by atoms with Crippen molar-refractivity contribution in [2.75, 3.05) is 17.6 Å². The third-order valence-corrected chi connectivity index (χ3v) is 3.17. The van der Waals surface area contributed by atoms with Crippen LogP contribution in [0.15, 0.2) is 48.5 Å². The van der Waals surface area contributed by atoms with Gasteiger partial charge in [-0.1, -0.05) is 30.3 Å². The first kappa shape index (κ1) is 13.4. The fraction of sp³-hybridized carbons (Fsp3) is 0.250. The SMILES string of the molecule is Cc1ccccc1NCCC(O)c1cccc(N)c1. The smallest absolute Gasteiger partial charge is 0.0807 e. The van der Waals surface area contributed by atoms with Gasteiger partial charge in [-0.2, -0.15) is 0 Å². The molecule has 3 nitrogen and oxygen atoms in total. The molecule has 1 atom stereocenters. The molecule has 2 aromatic carbocycles. The Morgan fingerprint density at radius 3 is 2.68 bits per heavy atom. The first-order chi connectivity index (χ1) is 9.16. The molecule has 1 unspecified atom stereocenters. The van der Waals surface area contributed by atoms with Gasteiger partial charge in [0, 0.05) is 17.9 Å². The largest absolute Gasteiger partial charge is 0.399 e. The summed E-state index contributed by atoms with van der Waals surface area (Å²) in [6, 6.07) is 15.5. The molecule has 4 N–H and O–H groups in total. The lowest BCUT2D eigenvalue weighted by atomic mass is 10.1. The van der Waals surface area contributed by atoms with Crippen LogP contribution in [-0.4, -0.2) is 11.7 Å². The van der Waals surface area contributed by atoms with E-state index in [0.29, 0.717) is 12.1 Å². The van der Waals surface area contributed by atoms with Gasteiger partial charge in [0.2, 0.25) is 0 Å². The van der Waals surface area contributed by atoms with E-state index >= 15 is 0 Å². The summed E-state index contributed by atoms with van der Waals surface area (Å²) in [5.74, 6) is 0. The van der Waals surface area contributed by atoms with Crippen molar-refractivity contribution >= 4 is 11.4 Å². The maximum atomic E-state index is 10.1. The van der Waals surface area contributed by atoms with E-state index in [2.05, 4.69) is 18.3 Å². The first-order valence-corrected chi connectivity index (χ1v) is 6.50. The second-order valence-electron chi connectivity index (χ2n) is 4.72. The van der Waals surface area contributed by atoms with Crippen molar-refractivity contribution in [1.29, 1.82) is 0 Å². The van der Waals surface area contributed by atoms with E-state index in [1.54, 1.807) is 0 Å². The summed E-state index contributed by atoms with van der Waals surface area (Å²) < 4.78 is 0. The Morgan fingerprint density at radius 1 is 1.16 bits per heavy atom. The number of nitrogens with one attached hydrogen (secondary N) is 1. The van der Waals surface area contributed by atoms with Crippen LogP contribution < -0.4 is 11.1 Å². The van der Waals surface area contributed by atoms with E-state index in [1.165, 1.54) is 5.56 Å². The zero-order valence-corrected chi connectivity index (χ0v) is 11.1. The van der Waals surface area contributed by atoms with Gasteiger partial charge in [-0.15, -0.1) is 0 Å². The highest BCUT2D eigenvalue weighted by Gasteiger charge is 2.07. The molecule has 0 fully saturated rings. The van der Waals surface area contributed by atoms with E-state index in [1.807, 2.05) is 42.5 Å². The van der Waals surface area contributed by atoms with Crippen molar-refractivity contribution in [3.05, 3.63) is 59.7 Å². The molecule has 0 aliphatic heterocycles. The molecule has 0 aromatic heterocycles. The minimum absolute atomic E-state index is 0.486. The first-order valence-electron chi connectivity index (χ1n) is 6.50. The third-order valence-electron chi connectivity index (χ3n) is 3.17. The van der Waals surface area contributed by atoms with Crippen LogP contribution in [0.5, 0.6) is 0 Å². The highest BCUT2D eigenvalue weighted by molar-refractivity contribution is 5.50. The Labute approximate surface area is 114 Å². The molecule has 0 amide bonds. The van der Waals surface area contributed by atoms with Gasteiger partial charge in [-0.3, -0.25) is 0 Å². The number of nitrogen functional groups attached to an aromatic ring is 1. The van der Waals surface area contributed by atoms with Crippen molar-refractivity contribution in [2.24, 2.45) is 0 Å². The maximum Gasteiger partial charge on any atom is 0.0807 e. The minimum atomic E-state index is -0.486. The fourth-order valence-electron chi connectivity index (χ4n) is 2.05. The third kappa shape index (κ3) is 3.73. The Hall–Kier alpha value is -2.00. The summed E-state index contributed by atoms with van der Waals surface area (Å²) >= 11 is 0. The molecule has 0 spiro atoms. The standard InChI is InChI=1S/C16H20N2O/c1-12-5-2-3-8-15(12)18-10-9-16(19)13-6-4-7-14(17)11-13/h2-8,11,16,18-19H,9-10,17H2,1H3. The van der Waals surface area contributed by atoms with Crippen LogP contribution in [0.4, 0.5) is 11.4 Å². The highest BCUT2D eigenvalue weighted by atomic mass is 16.3. The summed E-state index contributed by atoms with van der Waals surface area (Å²) in [5, 5.41) is 13.4. The Morgan fingerprint density at radius 2 is 1.95 bits per heavy atom. The number of para-hydroxylation sites is 1. The van der Waals surface area contributed by atoms with Gasteiger partial charge in [-0.05, 0) is 42.7 Å². The molecule has 2 aromatic rings. The van der Waals surface area contributed by atoms with Crippen LogP contribution in [0.3, 0.4) is 0 Å². The van der Waals surface area contributed by atoms with E-state index in [9.17, 15) is 5.11 Å². The number of hydrogen-bond donors (Lipinski definition) is 3. The minimum Gasteiger partial charge on any atom is -0.399 e. The average molecular weight is 256 g/mol. The molecule has 0 radical (unpaired) electrons. The Bertz CT molecular complexity index is 540. The molecular weight excluding hydrogens is 236 g/mol. The van der Waals surface area contributed by atoms with E-state index in [0.717, 1.165) is 17.8 Å². The number of rotatable bonds is 5. The quantitative estimate of drug-likeness (QED) is 0.720. The number of aliphatic hydroxyl groups excluding tert-OH is 1. The lowest BCUT2D eigenvalue weighted by Gasteiger charge is -2.14. The number of anilines is 2. The molecular formula is C16H20N2O. The van der Waals surface area contributed by atoms with E-state index < -0.39 is 6.10 Å². The summed E-state index contributed by atoms with van der Waals surface area (Å²) in [6.45, 7) is 2.79. The normalized spacial score (nSPS) is 12.1. The van der Waals surface area contributed by atoms with Crippen molar-refractivity contribution in [1.82, 2.24) is 0 Å². The second-order valence-corrected chi connectivity index (χ2v) is 4.72. The second kappa shape index (κ2) is 6.25. The molecule has 0 heterocycles. The van der Waals surface area contributed by atoms with Crippen LogP contribution >= 0.6 is 0 Å². The van der Waals surface area contributed by atoms with Crippen molar-refractivity contribution in [2.45, 2.75) is 19.4 Å². The molecule has 2 rings (SSSR count). The topological polar surface area (TPSA) is 58.3 Å². The molecule has 0 saturated heterocycles. The zero-order valence-electron chi connectivity index (χ0n) is 11.1. The average Bonchev–Trinajstić information content (AvgIpc) is 2.41. The number of hydrogen-bond acceptors (Lipinski definition) is 3. The van der Waals surface area contributed by atoms with Crippen LogP contribution in [0.1, 0.15) is 23.7 Å². The van der Waals surface area contributed by atoms with Gasteiger partial charge in [0.05, 0.1) is 6.10 Å². The molecule has 100 valence electrons. The van der Waals surface area contributed by atoms with E-state index in [-0.39, 0.29) is 0 Å². The van der Waals surface area contributed by atoms with Crippen LogP contribution in [0.25, 0.3) is 0 Å². The van der Waals surface area contributed by atoms with Crippen LogP contribution in [0, 0.1) is 6.92 Å². The lowest BCUT2D eigenvalue weighted by molar-refractivity contribution is 0.171. The number of aliphatic hydroxyl groups is 1. The monoisotopic (exact) mass is 256 g/mol. The zero-order chi connectivity index (χ0) is 13.7. The van der Waals surface area contributed by atoms with Crippen molar-refractivity contribution < 1.29 is 5.11 Å². The highest BCUT2D eigenvalue weighted by Crippen LogP contribution is 2.19. The lowest BCUT2D eigenvalue weighted by Crippen LogP contribution is -2.08. The molecule has 19 heavy (non-hydrogen) atoms. The number of benzene rings is 2. The predicted octanol–water partition coefficient (Wildman–Crippen LogP) is 3.11. The molecule has 0 aliphatic rings. The summed E-state index contributed by atoms with van der Waals surface area (Å²) in [6.07, 6.45) is 0.164. The van der Waals surface area contributed by atoms with Crippen LogP contribution in [-0.2, 0) is 0 Å². The van der Waals surface area contributed by atoms with Gasteiger partial charge in [0.15, 0.2) is 0 Å². The molecule has 3 heteroatoms. The van der Waals surface area contributed by atoms with E-state index in [4.69, 9.17) is 5.73 Å². The van der Waals surface area contributed by atoms with Gasteiger partial charge >= 0.3 is 0 Å². The summed E-state index contributed by atoms with van der Waals surface area (Å²) in [7, 11) is 0. The van der Waals surface area contributed by atoms with Crippen molar-refractivity contribution in [3.63, 3.8) is 0 Å². The Balaban J connectivity index is 1.88. The predicted molar refractivity (Wildman–Crippen MR) is 80.1 cm³/mol. The molecule has 0 bridgehead atoms. The number of aryl methyl sites for hydroxylation is 1. The summed E-state index contributed by atoms with van der Waals surface area (Å²) in [5.41, 5.74) is 9.58.